The van der Waals surface area contributed by atoms with Crippen LogP contribution in [0.15, 0.2) is 54.7 Å². The van der Waals surface area contributed by atoms with E-state index in [1.54, 1.807) is 18.3 Å². The lowest BCUT2D eigenvalue weighted by Crippen LogP contribution is -2.44. The molecule has 1 aliphatic rings. The first kappa shape index (κ1) is 20.6. The number of amides is 2. The monoisotopic (exact) mass is 425 g/mol. The van der Waals surface area contributed by atoms with E-state index in [9.17, 15) is 9.18 Å². The summed E-state index contributed by atoms with van der Waals surface area (Å²) in [6, 6.07) is 14.1. The van der Waals surface area contributed by atoms with E-state index >= 15 is 0 Å². The number of fused-ring (bicyclic) bond motifs is 1. The van der Waals surface area contributed by atoms with Crippen molar-refractivity contribution >= 4 is 28.5 Å². The number of nitrogens with one attached hydrogen (secondary N) is 2. The Hall–Kier alpha value is -2.66. The van der Waals surface area contributed by atoms with Gasteiger partial charge in [-0.15, -0.1) is 0 Å². The number of benzene rings is 2. The minimum absolute atomic E-state index is 0.100. The summed E-state index contributed by atoms with van der Waals surface area (Å²) in [6.45, 7) is 1.95. The second-order valence-electron chi connectivity index (χ2n) is 8.00. The lowest BCUT2D eigenvalue weighted by molar-refractivity contribution is 0.228. The summed E-state index contributed by atoms with van der Waals surface area (Å²) in [7, 11) is 0. The van der Waals surface area contributed by atoms with E-state index in [1.807, 2.05) is 37.3 Å². The lowest BCUT2D eigenvalue weighted by atomic mass is 9.80. The Bertz CT molecular complexity index is 1030. The first-order chi connectivity index (χ1) is 14.5. The zero-order chi connectivity index (χ0) is 21.1. The van der Waals surface area contributed by atoms with Gasteiger partial charge >= 0.3 is 6.03 Å². The van der Waals surface area contributed by atoms with Gasteiger partial charge in [0.15, 0.2) is 0 Å². The fourth-order valence-electron chi connectivity index (χ4n) is 4.30. The highest BCUT2D eigenvalue weighted by atomic mass is 35.5. The van der Waals surface area contributed by atoms with Gasteiger partial charge in [0.05, 0.1) is 11.6 Å². The smallest absolute Gasteiger partial charge is 0.315 e. The second-order valence-corrected chi connectivity index (χ2v) is 8.44. The normalized spacial score (nSPS) is 20.0. The van der Waals surface area contributed by atoms with Crippen molar-refractivity contribution < 1.29 is 9.18 Å². The number of hydrogen-bond acceptors (Lipinski definition) is 2. The van der Waals surface area contributed by atoms with Gasteiger partial charge < -0.3 is 10.6 Å². The molecule has 3 aromatic rings. The summed E-state index contributed by atoms with van der Waals surface area (Å²) in [6.07, 6.45) is 5.49. The molecule has 1 atom stereocenters. The van der Waals surface area contributed by atoms with Crippen LogP contribution < -0.4 is 10.6 Å². The average Bonchev–Trinajstić information content (AvgIpc) is 2.74. The number of halogens is 2. The van der Waals surface area contributed by atoms with Crippen molar-refractivity contribution in [2.24, 2.45) is 0 Å². The molecule has 1 fully saturated rings. The Balaban J connectivity index is 1.33. The summed E-state index contributed by atoms with van der Waals surface area (Å²) in [5.41, 5.74) is 2.98. The van der Waals surface area contributed by atoms with Crippen molar-refractivity contribution in [3.05, 3.63) is 76.7 Å². The quantitative estimate of drug-likeness (QED) is 0.529. The van der Waals surface area contributed by atoms with E-state index in [2.05, 4.69) is 15.6 Å². The largest absolute Gasteiger partial charge is 0.335 e. The Morgan fingerprint density at radius 1 is 1.10 bits per heavy atom. The highest BCUT2D eigenvalue weighted by molar-refractivity contribution is 6.30. The second kappa shape index (κ2) is 9.00. The van der Waals surface area contributed by atoms with Gasteiger partial charge in [0, 0.05) is 22.6 Å². The van der Waals surface area contributed by atoms with Crippen molar-refractivity contribution in [2.75, 3.05) is 0 Å². The van der Waals surface area contributed by atoms with Gasteiger partial charge in [0.25, 0.3) is 0 Å². The standard InChI is InChI=1S/C24H25ClFN3O/c1-15(16-2-6-18(25)7-3-16)28-24(30)29-20-9-4-17(5-10-20)21-12-13-27-23-11-8-19(26)14-22(21)23/h2-3,6-8,11-15,17,20H,4-5,9-10H2,1H3,(H2,28,29,30). The first-order valence-corrected chi connectivity index (χ1v) is 10.7. The Morgan fingerprint density at radius 3 is 2.57 bits per heavy atom. The molecule has 2 aromatic carbocycles. The topological polar surface area (TPSA) is 54.0 Å². The van der Waals surface area contributed by atoms with E-state index < -0.39 is 0 Å². The Morgan fingerprint density at radius 2 is 1.83 bits per heavy atom. The van der Waals surface area contributed by atoms with Gasteiger partial charge in [-0.2, -0.15) is 0 Å². The molecular formula is C24H25ClFN3O. The third-order valence-electron chi connectivity index (χ3n) is 5.96. The molecule has 6 heteroatoms. The Kier molecular flexibility index (Phi) is 6.18. The van der Waals surface area contributed by atoms with Crippen LogP contribution in [-0.4, -0.2) is 17.1 Å². The molecule has 0 bridgehead atoms. The minimum Gasteiger partial charge on any atom is -0.335 e. The van der Waals surface area contributed by atoms with Crippen molar-refractivity contribution in [3.63, 3.8) is 0 Å². The predicted molar refractivity (Wildman–Crippen MR) is 118 cm³/mol. The summed E-state index contributed by atoms with van der Waals surface area (Å²) < 4.78 is 13.7. The van der Waals surface area contributed by atoms with Crippen LogP contribution in [0.3, 0.4) is 0 Å². The molecule has 0 aliphatic heterocycles. The van der Waals surface area contributed by atoms with E-state index in [4.69, 9.17) is 11.6 Å². The van der Waals surface area contributed by atoms with Crippen molar-refractivity contribution in [1.82, 2.24) is 15.6 Å². The molecule has 1 heterocycles. The fraction of sp³-hybridized carbons (Fsp3) is 0.333. The van der Waals surface area contributed by atoms with Crippen molar-refractivity contribution in [1.29, 1.82) is 0 Å². The number of aromatic nitrogens is 1. The van der Waals surface area contributed by atoms with E-state index in [1.165, 1.54) is 6.07 Å². The first-order valence-electron chi connectivity index (χ1n) is 10.4. The lowest BCUT2D eigenvalue weighted by Gasteiger charge is -2.30. The maximum atomic E-state index is 13.7. The van der Waals surface area contributed by atoms with Crippen LogP contribution in [0.5, 0.6) is 0 Å². The zero-order valence-electron chi connectivity index (χ0n) is 16.9. The van der Waals surface area contributed by atoms with Crippen LogP contribution in [0.25, 0.3) is 10.9 Å². The van der Waals surface area contributed by atoms with Crippen LogP contribution in [0.2, 0.25) is 5.02 Å². The van der Waals surface area contributed by atoms with Crippen LogP contribution in [-0.2, 0) is 0 Å². The van der Waals surface area contributed by atoms with E-state index in [0.29, 0.717) is 10.9 Å². The van der Waals surface area contributed by atoms with Crippen LogP contribution in [0.4, 0.5) is 9.18 Å². The van der Waals surface area contributed by atoms with Crippen LogP contribution in [0.1, 0.15) is 55.7 Å². The van der Waals surface area contributed by atoms with E-state index in [0.717, 1.165) is 47.7 Å². The van der Waals surface area contributed by atoms with Gasteiger partial charge in [-0.05, 0) is 86.1 Å². The molecule has 30 heavy (non-hydrogen) atoms. The molecule has 1 aliphatic carbocycles. The van der Waals surface area contributed by atoms with Crippen LogP contribution >= 0.6 is 11.6 Å². The molecule has 4 nitrogen and oxygen atoms in total. The molecule has 1 aromatic heterocycles. The summed E-state index contributed by atoms with van der Waals surface area (Å²) >= 11 is 5.93. The SMILES string of the molecule is CC(NC(=O)NC1CCC(c2ccnc3ccc(F)cc23)CC1)c1ccc(Cl)cc1. The van der Waals surface area contributed by atoms with Crippen LogP contribution in [0, 0.1) is 5.82 Å². The van der Waals surface area contributed by atoms with Gasteiger partial charge in [0.2, 0.25) is 0 Å². The summed E-state index contributed by atoms with van der Waals surface area (Å²) in [5, 5.41) is 7.66. The molecule has 2 amide bonds. The number of nitrogens with zero attached hydrogens (tertiary/aromatic N) is 1. The van der Waals surface area contributed by atoms with E-state index in [-0.39, 0.29) is 23.9 Å². The molecule has 1 saturated carbocycles. The molecule has 1 unspecified atom stereocenters. The third-order valence-corrected chi connectivity index (χ3v) is 6.21. The molecular weight excluding hydrogens is 401 g/mol. The highest BCUT2D eigenvalue weighted by Crippen LogP contribution is 2.36. The highest BCUT2D eigenvalue weighted by Gasteiger charge is 2.25. The minimum atomic E-state index is -0.237. The fourth-order valence-corrected chi connectivity index (χ4v) is 4.43. The molecule has 4 rings (SSSR count). The Labute approximate surface area is 180 Å². The van der Waals surface area contributed by atoms with Gasteiger partial charge in [0.1, 0.15) is 5.82 Å². The number of pyridine rings is 1. The number of hydrogen-bond donors (Lipinski definition) is 2. The molecule has 0 radical (unpaired) electrons. The summed E-state index contributed by atoms with van der Waals surface area (Å²) in [5.74, 6) is 0.116. The third kappa shape index (κ3) is 4.73. The maximum Gasteiger partial charge on any atom is 0.315 e. The number of carbonyl (C=O) groups is 1. The number of rotatable bonds is 4. The summed E-state index contributed by atoms with van der Waals surface area (Å²) in [4.78, 5) is 16.8. The molecule has 2 N–H and O–H groups in total. The average molecular weight is 426 g/mol. The maximum absolute atomic E-state index is 13.7. The van der Waals surface area contributed by atoms with Gasteiger partial charge in [-0.3, -0.25) is 4.98 Å². The molecule has 0 spiro atoms. The van der Waals surface area contributed by atoms with Crippen molar-refractivity contribution in [3.8, 4) is 0 Å². The molecule has 156 valence electrons. The zero-order valence-corrected chi connectivity index (χ0v) is 17.6. The number of carbonyl (C=O) groups excluding carboxylic acids is 1. The van der Waals surface area contributed by atoms with Crippen molar-refractivity contribution in [2.45, 2.75) is 50.6 Å². The number of urea groups is 1. The molecule has 0 saturated heterocycles. The van der Waals surface area contributed by atoms with Gasteiger partial charge in [-0.1, -0.05) is 23.7 Å². The predicted octanol–water partition coefficient (Wildman–Crippen LogP) is 6.11. The van der Waals surface area contributed by atoms with Gasteiger partial charge in [-0.25, -0.2) is 9.18 Å².